The first-order valence-electron chi connectivity index (χ1n) is 6.72. The Hall–Kier alpha value is -2.37. The Morgan fingerprint density at radius 2 is 2.14 bits per heavy atom. The van der Waals surface area contributed by atoms with Crippen LogP contribution in [-0.2, 0) is 17.6 Å². The number of hydrogen-bond acceptors (Lipinski definition) is 5. The first-order chi connectivity index (χ1) is 10.1. The number of aromatic nitrogens is 2. The molecule has 0 amide bonds. The first kappa shape index (κ1) is 15.0. The lowest BCUT2D eigenvalue weighted by Gasteiger charge is -2.04. The van der Waals surface area contributed by atoms with Gasteiger partial charge in [0.2, 0.25) is 11.8 Å². The van der Waals surface area contributed by atoms with E-state index < -0.39 is 5.97 Å². The molecule has 0 saturated carbocycles. The van der Waals surface area contributed by atoms with Crippen molar-refractivity contribution in [1.29, 1.82) is 0 Å². The lowest BCUT2D eigenvalue weighted by molar-refractivity contribution is -0.137. The average molecular weight is 290 g/mol. The largest absolute Gasteiger partial charge is 0.497 e. The van der Waals surface area contributed by atoms with Crippen LogP contribution in [0.3, 0.4) is 0 Å². The van der Waals surface area contributed by atoms with E-state index in [1.165, 1.54) is 0 Å². The van der Waals surface area contributed by atoms with Gasteiger partial charge in [-0.25, -0.2) is 0 Å². The third-order valence-corrected chi connectivity index (χ3v) is 3.04. The van der Waals surface area contributed by atoms with Gasteiger partial charge in [0, 0.05) is 12.8 Å². The van der Waals surface area contributed by atoms with Crippen molar-refractivity contribution in [3.63, 3.8) is 0 Å². The number of methoxy groups -OCH3 is 1. The Labute approximate surface area is 122 Å². The Bertz CT molecular complexity index is 609. The number of ether oxygens (including phenoxy) is 1. The maximum Gasteiger partial charge on any atom is 0.303 e. The molecule has 2 rings (SSSR count). The molecular weight excluding hydrogens is 272 g/mol. The van der Waals surface area contributed by atoms with Gasteiger partial charge in [0.1, 0.15) is 5.75 Å². The molecule has 0 aliphatic heterocycles. The van der Waals surface area contributed by atoms with Crippen molar-refractivity contribution in [3.8, 4) is 5.75 Å². The summed E-state index contributed by atoms with van der Waals surface area (Å²) in [5, 5.41) is 16.7. The van der Waals surface area contributed by atoms with Gasteiger partial charge in [0.25, 0.3) is 0 Å². The molecule has 1 unspecified atom stereocenters. The van der Waals surface area contributed by atoms with Gasteiger partial charge in [0.15, 0.2) is 0 Å². The van der Waals surface area contributed by atoms with E-state index in [1.54, 1.807) is 7.11 Å². The van der Waals surface area contributed by atoms with E-state index in [4.69, 9.17) is 14.3 Å². The topological polar surface area (TPSA) is 85.5 Å². The van der Waals surface area contributed by atoms with Crippen molar-refractivity contribution < 1.29 is 19.1 Å². The van der Waals surface area contributed by atoms with E-state index in [9.17, 15) is 4.79 Å². The number of carboxylic acids is 1. The highest BCUT2D eigenvalue weighted by atomic mass is 16.5. The van der Waals surface area contributed by atoms with E-state index in [0.717, 1.165) is 11.3 Å². The molecule has 2 aromatic rings. The van der Waals surface area contributed by atoms with E-state index in [1.807, 2.05) is 31.2 Å². The van der Waals surface area contributed by atoms with Gasteiger partial charge in [-0.05, 0) is 23.6 Å². The molecule has 1 aromatic carbocycles. The van der Waals surface area contributed by atoms with Crippen LogP contribution in [0.15, 0.2) is 28.7 Å². The fourth-order valence-corrected chi connectivity index (χ4v) is 2.07. The second-order valence-electron chi connectivity index (χ2n) is 5.03. The molecule has 0 aliphatic carbocycles. The summed E-state index contributed by atoms with van der Waals surface area (Å²) >= 11 is 0. The zero-order chi connectivity index (χ0) is 15.2. The molecule has 0 bridgehead atoms. The SMILES string of the molecule is COc1cccc(Cc2nnc(CC(C)CC(=O)O)o2)c1. The summed E-state index contributed by atoms with van der Waals surface area (Å²) in [6.07, 6.45) is 1.09. The Morgan fingerprint density at radius 1 is 1.38 bits per heavy atom. The zero-order valence-corrected chi connectivity index (χ0v) is 12.1. The molecule has 0 aliphatic rings. The second kappa shape index (κ2) is 6.88. The molecule has 0 fully saturated rings. The van der Waals surface area contributed by atoms with Crippen LogP contribution in [0.5, 0.6) is 5.75 Å². The molecule has 112 valence electrons. The Balaban J connectivity index is 1.97. The normalized spacial score (nSPS) is 12.1. The second-order valence-corrected chi connectivity index (χ2v) is 5.03. The molecule has 0 saturated heterocycles. The summed E-state index contributed by atoms with van der Waals surface area (Å²) in [7, 11) is 1.62. The van der Waals surface area contributed by atoms with Crippen molar-refractivity contribution in [1.82, 2.24) is 10.2 Å². The molecule has 0 spiro atoms. The minimum absolute atomic E-state index is 0.0346. The van der Waals surface area contributed by atoms with Gasteiger partial charge in [-0.15, -0.1) is 10.2 Å². The minimum atomic E-state index is -0.821. The standard InChI is InChI=1S/C15H18N2O4/c1-10(7-15(18)19)6-13-16-17-14(21-13)9-11-4-3-5-12(8-11)20-2/h3-5,8,10H,6-7,9H2,1-2H3,(H,18,19). The predicted octanol–water partition coefficient (Wildman–Crippen LogP) is 2.32. The van der Waals surface area contributed by atoms with Crippen molar-refractivity contribution >= 4 is 5.97 Å². The molecule has 21 heavy (non-hydrogen) atoms. The van der Waals surface area contributed by atoms with Gasteiger partial charge in [-0.3, -0.25) is 4.79 Å². The highest BCUT2D eigenvalue weighted by molar-refractivity contribution is 5.66. The molecule has 6 heteroatoms. The van der Waals surface area contributed by atoms with Crippen molar-refractivity contribution in [3.05, 3.63) is 41.6 Å². The molecule has 0 radical (unpaired) electrons. The summed E-state index contributed by atoms with van der Waals surface area (Å²) in [6, 6.07) is 7.65. The minimum Gasteiger partial charge on any atom is -0.497 e. The number of nitrogens with zero attached hydrogens (tertiary/aromatic N) is 2. The van der Waals surface area contributed by atoms with Crippen LogP contribution in [0.4, 0.5) is 0 Å². The Morgan fingerprint density at radius 3 is 2.86 bits per heavy atom. The lowest BCUT2D eigenvalue weighted by Crippen LogP contribution is -2.07. The van der Waals surface area contributed by atoms with Crippen molar-refractivity contribution in [2.45, 2.75) is 26.2 Å². The summed E-state index contributed by atoms with van der Waals surface area (Å²) in [5.74, 6) is 0.913. The summed E-state index contributed by atoms with van der Waals surface area (Å²) in [4.78, 5) is 10.6. The maximum absolute atomic E-state index is 10.6. The number of hydrogen-bond donors (Lipinski definition) is 1. The van der Waals surface area contributed by atoms with Gasteiger partial charge in [0.05, 0.1) is 13.5 Å². The monoisotopic (exact) mass is 290 g/mol. The van der Waals surface area contributed by atoms with Crippen LogP contribution < -0.4 is 4.74 Å². The molecule has 1 heterocycles. The van der Waals surface area contributed by atoms with Crippen LogP contribution in [0.1, 0.15) is 30.7 Å². The molecule has 1 N–H and O–H groups in total. The van der Waals surface area contributed by atoms with Crippen LogP contribution in [0.25, 0.3) is 0 Å². The van der Waals surface area contributed by atoms with E-state index in [2.05, 4.69) is 10.2 Å². The number of carboxylic acid groups (broad SMARTS) is 1. The van der Waals surface area contributed by atoms with Crippen molar-refractivity contribution in [2.75, 3.05) is 7.11 Å². The van der Waals surface area contributed by atoms with Crippen LogP contribution in [0, 0.1) is 5.92 Å². The smallest absolute Gasteiger partial charge is 0.303 e. The van der Waals surface area contributed by atoms with E-state index in [-0.39, 0.29) is 12.3 Å². The van der Waals surface area contributed by atoms with Crippen molar-refractivity contribution in [2.24, 2.45) is 5.92 Å². The molecule has 1 atom stereocenters. The highest BCUT2D eigenvalue weighted by Crippen LogP contribution is 2.17. The Kier molecular flexibility index (Phi) is 4.92. The summed E-state index contributed by atoms with van der Waals surface area (Å²) < 4.78 is 10.7. The molecule has 1 aromatic heterocycles. The third-order valence-electron chi connectivity index (χ3n) is 3.04. The van der Waals surface area contributed by atoms with E-state index >= 15 is 0 Å². The fourth-order valence-electron chi connectivity index (χ4n) is 2.07. The quantitative estimate of drug-likeness (QED) is 0.842. The van der Waals surface area contributed by atoms with Crippen LogP contribution >= 0.6 is 0 Å². The maximum atomic E-state index is 10.6. The molecular formula is C15H18N2O4. The first-order valence-corrected chi connectivity index (χ1v) is 6.72. The number of rotatable bonds is 7. The summed E-state index contributed by atoms with van der Waals surface area (Å²) in [6.45, 7) is 1.85. The van der Waals surface area contributed by atoms with Gasteiger partial charge in [-0.1, -0.05) is 19.1 Å². The van der Waals surface area contributed by atoms with Gasteiger partial charge in [-0.2, -0.15) is 0 Å². The highest BCUT2D eigenvalue weighted by Gasteiger charge is 2.13. The average Bonchev–Trinajstić information content (AvgIpc) is 2.85. The van der Waals surface area contributed by atoms with Crippen LogP contribution in [-0.4, -0.2) is 28.4 Å². The van der Waals surface area contributed by atoms with Gasteiger partial charge < -0.3 is 14.3 Å². The zero-order valence-electron chi connectivity index (χ0n) is 12.1. The number of aliphatic carboxylic acids is 1. The fraction of sp³-hybridized carbons (Fsp3) is 0.400. The lowest BCUT2D eigenvalue weighted by atomic mass is 10.0. The molecule has 6 nitrogen and oxygen atoms in total. The predicted molar refractivity (Wildman–Crippen MR) is 75.2 cm³/mol. The summed E-state index contributed by atoms with van der Waals surface area (Å²) in [5.41, 5.74) is 1.02. The van der Waals surface area contributed by atoms with E-state index in [0.29, 0.717) is 24.6 Å². The van der Waals surface area contributed by atoms with Crippen LogP contribution in [0.2, 0.25) is 0 Å². The van der Waals surface area contributed by atoms with Gasteiger partial charge >= 0.3 is 5.97 Å². The number of carbonyl (C=O) groups is 1. The number of benzene rings is 1. The third kappa shape index (κ3) is 4.59.